The van der Waals surface area contributed by atoms with Crippen molar-refractivity contribution in [1.82, 2.24) is 9.55 Å². The van der Waals surface area contributed by atoms with Crippen molar-refractivity contribution in [3.05, 3.63) is 47.0 Å². The SMILES string of the molecule is COCCn1c(-c2csc(-c3ccc(OC)cc3)n2)cc(C(=O)O)c1C. The van der Waals surface area contributed by atoms with Crippen LogP contribution in [-0.4, -0.2) is 41.5 Å². The number of carboxylic acid groups (broad SMARTS) is 1. The van der Waals surface area contributed by atoms with Gasteiger partial charge in [0.1, 0.15) is 10.8 Å². The maximum Gasteiger partial charge on any atom is 0.337 e. The minimum absolute atomic E-state index is 0.287. The number of hydrogen-bond donors (Lipinski definition) is 1. The molecule has 0 aliphatic rings. The monoisotopic (exact) mass is 372 g/mol. The molecule has 7 heteroatoms. The predicted molar refractivity (Wildman–Crippen MR) is 101 cm³/mol. The molecule has 0 saturated carbocycles. The Labute approximate surface area is 155 Å². The summed E-state index contributed by atoms with van der Waals surface area (Å²) in [5.74, 6) is -0.147. The lowest BCUT2D eigenvalue weighted by Crippen LogP contribution is -2.08. The predicted octanol–water partition coefficient (Wildman–Crippen LogP) is 3.94. The first-order valence-corrected chi connectivity index (χ1v) is 8.95. The highest BCUT2D eigenvalue weighted by Crippen LogP contribution is 2.32. The van der Waals surface area contributed by atoms with Gasteiger partial charge in [-0.2, -0.15) is 0 Å². The summed E-state index contributed by atoms with van der Waals surface area (Å²) in [6, 6.07) is 9.38. The topological polar surface area (TPSA) is 73.6 Å². The summed E-state index contributed by atoms with van der Waals surface area (Å²) >= 11 is 1.52. The van der Waals surface area contributed by atoms with Gasteiger partial charge in [-0.25, -0.2) is 9.78 Å². The molecule has 0 spiro atoms. The molecular weight excluding hydrogens is 352 g/mol. The molecule has 2 aromatic heterocycles. The Kier molecular flexibility index (Phi) is 5.39. The number of nitrogens with zero attached hydrogens (tertiary/aromatic N) is 2. The quantitative estimate of drug-likeness (QED) is 0.680. The second-order valence-corrected chi connectivity index (χ2v) is 6.60. The summed E-state index contributed by atoms with van der Waals surface area (Å²) in [6.07, 6.45) is 0. The van der Waals surface area contributed by atoms with Crippen molar-refractivity contribution in [3.8, 4) is 27.7 Å². The summed E-state index contributed by atoms with van der Waals surface area (Å²) in [4.78, 5) is 16.2. The van der Waals surface area contributed by atoms with Crippen LogP contribution in [0.3, 0.4) is 0 Å². The van der Waals surface area contributed by atoms with E-state index < -0.39 is 5.97 Å². The number of carboxylic acids is 1. The highest BCUT2D eigenvalue weighted by molar-refractivity contribution is 7.13. The Morgan fingerprint density at radius 1 is 1.27 bits per heavy atom. The van der Waals surface area contributed by atoms with Crippen LogP contribution < -0.4 is 4.74 Å². The number of thiazole rings is 1. The van der Waals surface area contributed by atoms with E-state index in [0.717, 1.165) is 27.7 Å². The molecule has 0 radical (unpaired) electrons. The number of aromatic carboxylic acids is 1. The van der Waals surface area contributed by atoms with Crippen LogP contribution in [0, 0.1) is 6.92 Å². The molecular formula is C19H20N2O4S. The molecule has 0 saturated heterocycles. The van der Waals surface area contributed by atoms with Gasteiger partial charge < -0.3 is 19.1 Å². The highest BCUT2D eigenvalue weighted by Gasteiger charge is 2.19. The van der Waals surface area contributed by atoms with Gasteiger partial charge >= 0.3 is 5.97 Å². The van der Waals surface area contributed by atoms with Crippen LogP contribution in [0.4, 0.5) is 0 Å². The van der Waals surface area contributed by atoms with E-state index in [-0.39, 0.29) is 5.56 Å². The number of benzene rings is 1. The van der Waals surface area contributed by atoms with E-state index in [9.17, 15) is 9.90 Å². The molecule has 1 aromatic carbocycles. The molecule has 0 bridgehead atoms. The van der Waals surface area contributed by atoms with E-state index in [2.05, 4.69) is 0 Å². The smallest absolute Gasteiger partial charge is 0.337 e. The zero-order chi connectivity index (χ0) is 18.7. The number of aromatic nitrogens is 2. The molecule has 136 valence electrons. The maximum absolute atomic E-state index is 11.5. The van der Waals surface area contributed by atoms with Crippen molar-refractivity contribution < 1.29 is 19.4 Å². The largest absolute Gasteiger partial charge is 0.497 e. The van der Waals surface area contributed by atoms with Gasteiger partial charge in [-0.3, -0.25) is 0 Å². The molecule has 0 aliphatic heterocycles. The van der Waals surface area contributed by atoms with Crippen LogP contribution in [0.2, 0.25) is 0 Å². The van der Waals surface area contributed by atoms with E-state index in [1.165, 1.54) is 11.3 Å². The summed E-state index contributed by atoms with van der Waals surface area (Å²) in [5.41, 5.74) is 3.52. The van der Waals surface area contributed by atoms with Gasteiger partial charge in [0, 0.05) is 30.3 Å². The molecule has 0 unspecified atom stereocenters. The first-order chi connectivity index (χ1) is 12.5. The Bertz CT molecular complexity index is 912. The van der Waals surface area contributed by atoms with Crippen LogP contribution in [0.1, 0.15) is 16.1 Å². The second kappa shape index (κ2) is 7.72. The Balaban J connectivity index is 1.99. The third-order valence-corrected chi connectivity index (χ3v) is 5.11. The summed E-state index contributed by atoms with van der Waals surface area (Å²) in [7, 11) is 3.26. The zero-order valence-electron chi connectivity index (χ0n) is 14.9. The standard InChI is InChI=1S/C19H20N2O4S/c1-12-15(19(22)23)10-17(21(12)8-9-24-2)16-11-26-18(20-16)13-4-6-14(25-3)7-5-13/h4-7,10-11H,8-9H2,1-3H3,(H,22,23). The summed E-state index contributed by atoms with van der Waals surface area (Å²) in [6.45, 7) is 2.87. The van der Waals surface area contributed by atoms with Crippen molar-refractivity contribution in [2.24, 2.45) is 0 Å². The van der Waals surface area contributed by atoms with Crippen LogP contribution in [0.25, 0.3) is 22.0 Å². The molecule has 0 aliphatic carbocycles. The van der Waals surface area contributed by atoms with E-state index in [0.29, 0.717) is 18.8 Å². The van der Waals surface area contributed by atoms with Crippen LogP contribution in [-0.2, 0) is 11.3 Å². The Morgan fingerprint density at radius 2 is 2.00 bits per heavy atom. The van der Waals surface area contributed by atoms with Crippen molar-refractivity contribution in [3.63, 3.8) is 0 Å². The molecule has 26 heavy (non-hydrogen) atoms. The Hall–Kier alpha value is -2.64. The van der Waals surface area contributed by atoms with Crippen molar-refractivity contribution in [2.75, 3.05) is 20.8 Å². The lowest BCUT2D eigenvalue weighted by Gasteiger charge is -2.09. The third-order valence-electron chi connectivity index (χ3n) is 4.22. The van der Waals surface area contributed by atoms with Crippen molar-refractivity contribution in [1.29, 1.82) is 0 Å². The van der Waals surface area contributed by atoms with Gasteiger partial charge in [-0.05, 0) is 37.3 Å². The summed E-state index contributed by atoms with van der Waals surface area (Å²) < 4.78 is 12.3. The molecule has 0 atom stereocenters. The van der Waals surface area contributed by atoms with E-state index >= 15 is 0 Å². The fourth-order valence-electron chi connectivity index (χ4n) is 2.80. The van der Waals surface area contributed by atoms with Gasteiger partial charge in [0.25, 0.3) is 0 Å². The fourth-order valence-corrected chi connectivity index (χ4v) is 3.62. The normalized spacial score (nSPS) is 10.9. The lowest BCUT2D eigenvalue weighted by molar-refractivity contribution is 0.0696. The fraction of sp³-hybridized carbons (Fsp3) is 0.263. The van der Waals surface area contributed by atoms with Crippen LogP contribution in [0.15, 0.2) is 35.7 Å². The van der Waals surface area contributed by atoms with Crippen molar-refractivity contribution in [2.45, 2.75) is 13.5 Å². The molecule has 0 amide bonds. The van der Waals surface area contributed by atoms with Crippen LogP contribution >= 0.6 is 11.3 Å². The maximum atomic E-state index is 11.5. The van der Waals surface area contributed by atoms with Gasteiger partial charge in [0.15, 0.2) is 0 Å². The van der Waals surface area contributed by atoms with Gasteiger partial charge in [0.05, 0.1) is 30.7 Å². The van der Waals surface area contributed by atoms with Crippen molar-refractivity contribution >= 4 is 17.3 Å². The number of carbonyl (C=O) groups is 1. The number of ether oxygens (including phenoxy) is 2. The number of hydrogen-bond acceptors (Lipinski definition) is 5. The van der Waals surface area contributed by atoms with Crippen LogP contribution in [0.5, 0.6) is 5.75 Å². The molecule has 3 aromatic rings. The first-order valence-electron chi connectivity index (χ1n) is 8.07. The molecule has 0 fully saturated rings. The molecule has 1 N–H and O–H groups in total. The van der Waals surface area contributed by atoms with Gasteiger partial charge in [0.2, 0.25) is 0 Å². The average Bonchev–Trinajstić information content (AvgIpc) is 3.25. The number of methoxy groups -OCH3 is 2. The number of rotatable bonds is 7. The minimum atomic E-state index is -0.939. The van der Waals surface area contributed by atoms with E-state index in [4.69, 9.17) is 14.5 Å². The Morgan fingerprint density at radius 3 is 2.62 bits per heavy atom. The minimum Gasteiger partial charge on any atom is -0.497 e. The second-order valence-electron chi connectivity index (χ2n) is 5.74. The van der Waals surface area contributed by atoms with E-state index in [1.54, 1.807) is 27.2 Å². The average molecular weight is 372 g/mol. The van der Waals surface area contributed by atoms with Gasteiger partial charge in [-0.1, -0.05) is 0 Å². The lowest BCUT2D eigenvalue weighted by atomic mass is 10.2. The first kappa shape index (κ1) is 18.2. The van der Waals surface area contributed by atoms with Gasteiger partial charge in [-0.15, -0.1) is 11.3 Å². The summed E-state index contributed by atoms with van der Waals surface area (Å²) in [5, 5.41) is 12.3. The molecule has 3 rings (SSSR count). The third kappa shape index (κ3) is 3.49. The molecule has 2 heterocycles. The molecule has 6 nitrogen and oxygen atoms in total. The van der Waals surface area contributed by atoms with E-state index in [1.807, 2.05) is 34.2 Å². The highest BCUT2D eigenvalue weighted by atomic mass is 32.1. The zero-order valence-corrected chi connectivity index (χ0v) is 15.7.